The molecule has 24 heavy (non-hydrogen) atoms. The fraction of sp³-hybridized carbons (Fsp3) is 0.118. The number of thiocarbonyl (C=S) groups is 1. The highest BCUT2D eigenvalue weighted by Gasteiger charge is 2.33. The Morgan fingerprint density at radius 3 is 2.67 bits per heavy atom. The Hall–Kier alpha value is -2.38. The first-order valence-corrected chi connectivity index (χ1v) is 8.50. The Labute approximate surface area is 149 Å². The molecule has 0 unspecified atom stereocenters. The van der Waals surface area contributed by atoms with Crippen LogP contribution in [0.1, 0.15) is 11.3 Å². The van der Waals surface area contributed by atoms with Gasteiger partial charge in [0.2, 0.25) is 5.91 Å². The van der Waals surface area contributed by atoms with Crippen LogP contribution in [0.3, 0.4) is 0 Å². The zero-order valence-corrected chi connectivity index (χ0v) is 14.6. The number of hydrogen-bond acceptors (Lipinski definition) is 4. The standard InChI is InChI=1S/C17H15N3O2S2/c1-19-9-5-8-13(19)11-14-16(22)20(17(23)24-14)18-15(21)10-12-6-3-2-4-7-12/h2-9,11H,10H2,1H3,(H,18,21). The lowest BCUT2D eigenvalue weighted by Crippen LogP contribution is -2.45. The molecule has 0 spiro atoms. The number of hydrazine groups is 1. The number of rotatable bonds is 4. The smallest absolute Gasteiger partial charge is 0.285 e. The van der Waals surface area contributed by atoms with E-state index in [9.17, 15) is 9.59 Å². The summed E-state index contributed by atoms with van der Waals surface area (Å²) in [5, 5.41) is 1.14. The average molecular weight is 357 g/mol. The van der Waals surface area contributed by atoms with E-state index in [2.05, 4.69) is 5.43 Å². The SMILES string of the molecule is Cn1cccc1C=C1SC(=S)N(NC(=O)Cc2ccccc2)C1=O. The van der Waals surface area contributed by atoms with Crippen molar-refractivity contribution in [2.45, 2.75) is 6.42 Å². The molecule has 0 radical (unpaired) electrons. The third kappa shape index (κ3) is 3.58. The monoisotopic (exact) mass is 357 g/mol. The predicted octanol–water partition coefficient (Wildman–Crippen LogP) is 2.50. The maximum Gasteiger partial charge on any atom is 0.285 e. The van der Waals surface area contributed by atoms with Gasteiger partial charge < -0.3 is 4.57 Å². The van der Waals surface area contributed by atoms with E-state index in [0.717, 1.165) is 16.3 Å². The Morgan fingerprint density at radius 2 is 2.00 bits per heavy atom. The van der Waals surface area contributed by atoms with Crippen molar-refractivity contribution in [2.75, 3.05) is 0 Å². The molecule has 1 N–H and O–H groups in total. The molecule has 1 aliphatic rings. The van der Waals surface area contributed by atoms with Gasteiger partial charge in [-0.25, -0.2) is 0 Å². The Morgan fingerprint density at radius 1 is 1.25 bits per heavy atom. The third-order valence-electron chi connectivity index (χ3n) is 3.50. The summed E-state index contributed by atoms with van der Waals surface area (Å²) in [5.41, 5.74) is 4.36. The summed E-state index contributed by atoms with van der Waals surface area (Å²) in [6.07, 6.45) is 3.85. The number of benzene rings is 1. The first-order valence-electron chi connectivity index (χ1n) is 7.27. The molecule has 1 aliphatic heterocycles. The molecule has 2 heterocycles. The lowest BCUT2D eigenvalue weighted by atomic mass is 10.1. The average Bonchev–Trinajstić information content (AvgIpc) is 3.07. The van der Waals surface area contributed by atoms with Crippen LogP contribution in [-0.4, -0.2) is 25.7 Å². The molecule has 2 aromatic rings. The third-order valence-corrected chi connectivity index (χ3v) is 4.80. The molecule has 122 valence electrons. The van der Waals surface area contributed by atoms with E-state index in [1.807, 2.05) is 60.3 Å². The minimum Gasteiger partial charge on any atom is -0.351 e. The number of aryl methyl sites for hydroxylation is 1. The van der Waals surface area contributed by atoms with E-state index >= 15 is 0 Å². The van der Waals surface area contributed by atoms with Crippen LogP contribution in [0.25, 0.3) is 6.08 Å². The second-order valence-corrected chi connectivity index (χ2v) is 6.93. The molecule has 5 nitrogen and oxygen atoms in total. The van der Waals surface area contributed by atoms with Crippen LogP contribution in [0.2, 0.25) is 0 Å². The first kappa shape index (κ1) is 16.5. The van der Waals surface area contributed by atoms with Gasteiger partial charge in [-0.05, 0) is 36.0 Å². The van der Waals surface area contributed by atoms with E-state index in [1.54, 1.807) is 6.08 Å². The normalized spacial score (nSPS) is 16.0. The van der Waals surface area contributed by atoms with Crippen molar-refractivity contribution in [1.29, 1.82) is 0 Å². The van der Waals surface area contributed by atoms with Gasteiger partial charge in [0.1, 0.15) is 0 Å². The number of thioether (sulfide) groups is 1. The van der Waals surface area contributed by atoms with Gasteiger partial charge in [0.15, 0.2) is 4.32 Å². The summed E-state index contributed by atoms with van der Waals surface area (Å²) >= 11 is 6.39. The van der Waals surface area contributed by atoms with Crippen molar-refractivity contribution in [3.8, 4) is 0 Å². The number of nitrogens with one attached hydrogen (secondary N) is 1. The van der Waals surface area contributed by atoms with E-state index < -0.39 is 0 Å². The summed E-state index contributed by atoms with van der Waals surface area (Å²) in [4.78, 5) is 25.1. The van der Waals surface area contributed by atoms with Crippen molar-refractivity contribution >= 4 is 46.2 Å². The van der Waals surface area contributed by atoms with Gasteiger partial charge in [0.05, 0.1) is 11.3 Å². The second-order valence-electron chi connectivity index (χ2n) is 5.26. The van der Waals surface area contributed by atoms with E-state index in [0.29, 0.717) is 9.23 Å². The van der Waals surface area contributed by atoms with Gasteiger partial charge in [-0.3, -0.25) is 15.0 Å². The fourth-order valence-corrected chi connectivity index (χ4v) is 3.43. The predicted molar refractivity (Wildman–Crippen MR) is 98.7 cm³/mol. The molecule has 2 amide bonds. The highest BCUT2D eigenvalue weighted by atomic mass is 32.2. The maximum atomic E-state index is 12.5. The number of nitrogens with zero attached hydrogens (tertiary/aromatic N) is 2. The van der Waals surface area contributed by atoms with Crippen molar-refractivity contribution < 1.29 is 9.59 Å². The van der Waals surface area contributed by atoms with Gasteiger partial charge in [0, 0.05) is 18.9 Å². The minimum absolute atomic E-state index is 0.189. The highest BCUT2D eigenvalue weighted by Crippen LogP contribution is 2.31. The molecule has 1 aromatic carbocycles. The summed E-state index contributed by atoms with van der Waals surface area (Å²) in [6.45, 7) is 0. The quantitative estimate of drug-likeness (QED) is 0.675. The number of amides is 2. The summed E-state index contributed by atoms with van der Waals surface area (Å²) in [7, 11) is 1.90. The van der Waals surface area contributed by atoms with Gasteiger partial charge in [-0.2, -0.15) is 5.01 Å². The second kappa shape index (κ2) is 7.02. The van der Waals surface area contributed by atoms with E-state index in [1.165, 1.54) is 11.8 Å². The molecule has 1 aromatic heterocycles. The van der Waals surface area contributed by atoms with E-state index in [4.69, 9.17) is 12.2 Å². The fourth-order valence-electron chi connectivity index (χ4n) is 2.27. The van der Waals surface area contributed by atoms with Crippen molar-refractivity contribution in [3.05, 3.63) is 64.8 Å². The van der Waals surface area contributed by atoms with E-state index in [-0.39, 0.29) is 18.2 Å². The molecule has 7 heteroatoms. The maximum absolute atomic E-state index is 12.5. The van der Waals surface area contributed by atoms with Crippen LogP contribution < -0.4 is 5.43 Å². The Bertz CT molecular complexity index is 827. The summed E-state index contributed by atoms with van der Waals surface area (Å²) < 4.78 is 2.22. The lowest BCUT2D eigenvalue weighted by molar-refractivity contribution is -0.132. The molecular weight excluding hydrogens is 342 g/mol. The van der Waals surface area contributed by atoms with Crippen LogP contribution in [0, 0.1) is 0 Å². The van der Waals surface area contributed by atoms with Crippen molar-refractivity contribution in [1.82, 2.24) is 15.0 Å². The largest absolute Gasteiger partial charge is 0.351 e. The molecule has 0 aliphatic carbocycles. The first-order chi connectivity index (χ1) is 11.5. The zero-order chi connectivity index (χ0) is 17.1. The molecular formula is C17H15N3O2S2. The Balaban J connectivity index is 1.69. The number of carbonyl (C=O) groups excluding carboxylic acids is 2. The van der Waals surface area contributed by atoms with Gasteiger partial charge in [0.25, 0.3) is 5.91 Å². The van der Waals surface area contributed by atoms with Gasteiger partial charge >= 0.3 is 0 Å². The molecule has 1 fully saturated rings. The Kier molecular flexibility index (Phi) is 4.82. The van der Waals surface area contributed by atoms with Crippen molar-refractivity contribution in [2.24, 2.45) is 7.05 Å². The van der Waals surface area contributed by atoms with Gasteiger partial charge in [-0.15, -0.1) is 0 Å². The molecule has 0 saturated carbocycles. The van der Waals surface area contributed by atoms with Crippen LogP contribution in [0.15, 0.2) is 53.6 Å². The van der Waals surface area contributed by atoms with Crippen LogP contribution >= 0.6 is 24.0 Å². The van der Waals surface area contributed by atoms with Crippen molar-refractivity contribution in [3.63, 3.8) is 0 Å². The lowest BCUT2D eigenvalue weighted by Gasteiger charge is -2.15. The van der Waals surface area contributed by atoms with Crippen LogP contribution in [0.5, 0.6) is 0 Å². The van der Waals surface area contributed by atoms with Crippen LogP contribution in [0.4, 0.5) is 0 Å². The summed E-state index contributed by atoms with van der Waals surface area (Å²) in [6, 6.07) is 13.1. The minimum atomic E-state index is -0.312. The molecule has 0 bridgehead atoms. The molecule has 3 rings (SSSR count). The van der Waals surface area contributed by atoms with Crippen LogP contribution in [-0.2, 0) is 23.1 Å². The highest BCUT2D eigenvalue weighted by molar-refractivity contribution is 8.26. The molecule has 0 atom stereocenters. The number of aromatic nitrogens is 1. The molecule has 1 saturated heterocycles. The zero-order valence-electron chi connectivity index (χ0n) is 12.9. The van der Waals surface area contributed by atoms with Gasteiger partial charge in [-0.1, -0.05) is 42.1 Å². The topological polar surface area (TPSA) is 54.3 Å². The summed E-state index contributed by atoms with van der Waals surface area (Å²) in [5.74, 6) is -0.592. The number of carbonyl (C=O) groups is 2. The number of hydrogen-bond donors (Lipinski definition) is 1.